The second-order valence-electron chi connectivity index (χ2n) is 5.31. The van der Waals surface area contributed by atoms with Crippen LogP contribution >= 0.6 is 11.6 Å². The quantitative estimate of drug-likeness (QED) is 0.571. The van der Waals surface area contributed by atoms with Crippen LogP contribution in [-0.4, -0.2) is 32.8 Å². The van der Waals surface area contributed by atoms with Gasteiger partial charge < -0.3 is 4.74 Å². The average molecular weight is 408 g/mol. The molecule has 2 aromatic carbocycles. The lowest BCUT2D eigenvalue weighted by Gasteiger charge is -2.14. The highest BCUT2D eigenvalue weighted by Crippen LogP contribution is 2.36. The van der Waals surface area contributed by atoms with Crippen LogP contribution < -0.4 is 4.74 Å². The van der Waals surface area contributed by atoms with Crippen molar-refractivity contribution in [3.63, 3.8) is 0 Å². The first-order chi connectivity index (χ1) is 11.9. The molecule has 0 amide bonds. The Balaban J connectivity index is 2.44. The number of carbonyl (C=O) groups excluding carboxylic acids is 1. The van der Waals surface area contributed by atoms with Gasteiger partial charge in [0.1, 0.15) is 5.75 Å². The van der Waals surface area contributed by atoms with E-state index in [-0.39, 0.29) is 15.5 Å². The van der Waals surface area contributed by atoms with E-state index in [0.29, 0.717) is 0 Å². The second kappa shape index (κ2) is 7.26. The summed E-state index contributed by atoms with van der Waals surface area (Å²) in [4.78, 5) is 12.0. The molecule has 10 heteroatoms. The molecule has 0 heterocycles. The molecule has 26 heavy (non-hydrogen) atoms. The summed E-state index contributed by atoms with van der Waals surface area (Å²) in [5.74, 6) is -1.91. The van der Waals surface area contributed by atoms with Crippen molar-refractivity contribution in [1.82, 2.24) is 4.31 Å². The zero-order chi connectivity index (χ0) is 19.7. The molecule has 0 fully saturated rings. The van der Waals surface area contributed by atoms with Crippen molar-refractivity contribution < 1.29 is 31.1 Å². The lowest BCUT2D eigenvalue weighted by molar-refractivity contribution is -0.138. The summed E-state index contributed by atoms with van der Waals surface area (Å²) < 4.78 is 69.0. The molecule has 2 aromatic rings. The molecule has 140 valence electrons. The van der Waals surface area contributed by atoms with E-state index in [1.54, 1.807) is 0 Å². The summed E-state index contributed by atoms with van der Waals surface area (Å²) in [5, 5.41) is -0.155. The Morgan fingerprint density at radius 3 is 2.31 bits per heavy atom. The van der Waals surface area contributed by atoms with Crippen LogP contribution in [0, 0.1) is 0 Å². The minimum absolute atomic E-state index is 0.155. The maximum Gasteiger partial charge on any atom is 0.419 e. The number of sulfonamides is 1. The number of carbonyl (C=O) groups is 1. The highest BCUT2D eigenvalue weighted by atomic mass is 35.5. The minimum atomic E-state index is -4.73. The SMILES string of the molecule is CN(C)S(=O)(=O)c1ccc(Cl)c(C(=O)Oc2ccccc2C(F)(F)F)c1. The summed E-state index contributed by atoms with van der Waals surface area (Å²) in [7, 11) is -1.28. The molecule has 0 saturated heterocycles. The lowest BCUT2D eigenvalue weighted by atomic mass is 10.2. The molecule has 0 atom stereocenters. The Labute approximate surface area is 153 Å². The highest BCUT2D eigenvalue weighted by molar-refractivity contribution is 7.89. The third-order valence-corrected chi connectivity index (χ3v) is 5.47. The molecule has 0 radical (unpaired) electrons. The van der Waals surface area contributed by atoms with Crippen molar-refractivity contribution in [2.45, 2.75) is 11.1 Å². The maximum atomic E-state index is 13.0. The number of nitrogens with zero attached hydrogens (tertiary/aromatic N) is 1. The number of benzene rings is 2. The summed E-state index contributed by atoms with van der Waals surface area (Å²) >= 11 is 5.89. The summed E-state index contributed by atoms with van der Waals surface area (Å²) in [5.41, 5.74) is -1.51. The van der Waals surface area contributed by atoms with Crippen molar-refractivity contribution in [1.29, 1.82) is 0 Å². The van der Waals surface area contributed by atoms with Crippen molar-refractivity contribution in [3.05, 3.63) is 58.6 Å². The van der Waals surface area contributed by atoms with E-state index in [4.69, 9.17) is 16.3 Å². The van der Waals surface area contributed by atoms with E-state index >= 15 is 0 Å². The monoisotopic (exact) mass is 407 g/mol. The third-order valence-electron chi connectivity index (χ3n) is 3.33. The number of rotatable bonds is 4. The summed E-state index contributed by atoms with van der Waals surface area (Å²) in [6.07, 6.45) is -4.73. The smallest absolute Gasteiger partial charge is 0.419 e. The zero-order valence-electron chi connectivity index (χ0n) is 13.5. The van der Waals surface area contributed by atoms with Crippen molar-refractivity contribution in [3.8, 4) is 5.75 Å². The predicted molar refractivity (Wildman–Crippen MR) is 88.7 cm³/mol. The second-order valence-corrected chi connectivity index (χ2v) is 7.87. The van der Waals surface area contributed by atoms with Crippen LogP contribution in [-0.2, 0) is 16.2 Å². The van der Waals surface area contributed by atoms with Gasteiger partial charge in [-0.2, -0.15) is 13.2 Å². The molecular weight excluding hydrogens is 395 g/mol. The van der Waals surface area contributed by atoms with Crippen molar-refractivity contribution in [2.75, 3.05) is 14.1 Å². The fourth-order valence-corrected chi connectivity index (χ4v) is 3.10. The molecular formula is C16H13ClF3NO4S. The average Bonchev–Trinajstić information content (AvgIpc) is 2.54. The molecule has 0 unspecified atom stereocenters. The van der Waals surface area contributed by atoms with Gasteiger partial charge >= 0.3 is 12.1 Å². The predicted octanol–water partition coefficient (Wildman–Crippen LogP) is 3.83. The normalized spacial score (nSPS) is 12.3. The number of hydrogen-bond acceptors (Lipinski definition) is 4. The van der Waals surface area contributed by atoms with E-state index in [1.807, 2.05) is 0 Å². The molecule has 5 nitrogen and oxygen atoms in total. The summed E-state index contributed by atoms with van der Waals surface area (Å²) in [6, 6.07) is 7.45. The van der Waals surface area contributed by atoms with E-state index in [0.717, 1.165) is 34.6 Å². The van der Waals surface area contributed by atoms with Gasteiger partial charge in [0, 0.05) is 14.1 Å². The Hall–Kier alpha value is -2.10. The first-order valence-corrected chi connectivity index (χ1v) is 8.87. The number of hydrogen-bond donors (Lipinski definition) is 0. The number of para-hydroxylation sites is 1. The van der Waals surface area contributed by atoms with E-state index < -0.39 is 33.5 Å². The Morgan fingerprint density at radius 2 is 1.73 bits per heavy atom. The molecule has 0 saturated carbocycles. The number of halogens is 4. The molecule has 0 spiro atoms. The molecule has 0 aromatic heterocycles. The number of esters is 1. The van der Waals surface area contributed by atoms with Crippen LogP contribution in [0.1, 0.15) is 15.9 Å². The lowest BCUT2D eigenvalue weighted by Crippen LogP contribution is -2.23. The van der Waals surface area contributed by atoms with Crippen molar-refractivity contribution >= 4 is 27.6 Å². The van der Waals surface area contributed by atoms with Gasteiger partial charge in [-0.3, -0.25) is 0 Å². The van der Waals surface area contributed by atoms with E-state index in [2.05, 4.69) is 0 Å². The molecule has 0 aliphatic carbocycles. The van der Waals surface area contributed by atoms with Crippen LogP contribution in [0.25, 0.3) is 0 Å². The fourth-order valence-electron chi connectivity index (χ4n) is 1.98. The van der Waals surface area contributed by atoms with Crippen LogP contribution in [0.15, 0.2) is 47.4 Å². The minimum Gasteiger partial charge on any atom is -0.422 e. The van der Waals surface area contributed by atoms with E-state index in [9.17, 15) is 26.4 Å². The molecule has 2 rings (SSSR count). The maximum absolute atomic E-state index is 13.0. The molecule has 0 N–H and O–H groups in total. The van der Waals surface area contributed by atoms with Gasteiger partial charge in [0.25, 0.3) is 0 Å². The zero-order valence-corrected chi connectivity index (χ0v) is 15.1. The van der Waals surface area contributed by atoms with E-state index in [1.165, 1.54) is 26.2 Å². The van der Waals surface area contributed by atoms with Gasteiger partial charge in [-0.1, -0.05) is 23.7 Å². The Bertz CT molecular complexity index is 943. The van der Waals surface area contributed by atoms with Crippen LogP contribution in [0.2, 0.25) is 5.02 Å². The highest BCUT2D eigenvalue weighted by Gasteiger charge is 2.35. The van der Waals surface area contributed by atoms with Crippen LogP contribution in [0.5, 0.6) is 5.75 Å². The van der Waals surface area contributed by atoms with Gasteiger partial charge in [-0.15, -0.1) is 0 Å². The first-order valence-electron chi connectivity index (χ1n) is 7.05. The Kier molecular flexibility index (Phi) is 5.64. The topological polar surface area (TPSA) is 63.7 Å². The third kappa shape index (κ3) is 4.17. The first kappa shape index (κ1) is 20.2. The van der Waals surface area contributed by atoms with Crippen LogP contribution in [0.4, 0.5) is 13.2 Å². The largest absolute Gasteiger partial charge is 0.422 e. The van der Waals surface area contributed by atoms with Crippen molar-refractivity contribution in [2.24, 2.45) is 0 Å². The van der Waals surface area contributed by atoms with Gasteiger partial charge in [0.05, 0.1) is 21.0 Å². The fraction of sp³-hybridized carbons (Fsp3) is 0.188. The van der Waals surface area contributed by atoms with Gasteiger partial charge in [0.15, 0.2) is 0 Å². The Morgan fingerprint density at radius 1 is 1.12 bits per heavy atom. The van der Waals surface area contributed by atoms with Gasteiger partial charge in [-0.25, -0.2) is 17.5 Å². The number of ether oxygens (including phenoxy) is 1. The number of alkyl halides is 3. The molecule has 0 aliphatic heterocycles. The standard InChI is InChI=1S/C16H13ClF3NO4S/c1-21(2)26(23,24)10-7-8-13(17)11(9-10)15(22)25-14-6-4-3-5-12(14)16(18,19)20/h3-9H,1-2H3. The van der Waals surface area contributed by atoms with Gasteiger partial charge in [0.2, 0.25) is 10.0 Å². The summed E-state index contributed by atoms with van der Waals surface area (Å²) in [6.45, 7) is 0. The van der Waals surface area contributed by atoms with Crippen LogP contribution in [0.3, 0.4) is 0 Å². The van der Waals surface area contributed by atoms with Gasteiger partial charge in [-0.05, 0) is 30.3 Å². The molecule has 0 aliphatic rings. The molecule has 0 bridgehead atoms.